The van der Waals surface area contributed by atoms with Crippen LogP contribution in [0.1, 0.15) is 23.7 Å². The number of halogens is 2. The van der Waals surface area contributed by atoms with Gasteiger partial charge in [-0.2, -0.15) is 4.98 Å². The van der Waals surface area contributed by atoms with E-state index in [-0.39, 0.29) is 12.3 Å². The first kappa shape index (κ1) is 15.6. The molecule has 0 bridgehead atoms. The molecule has 1 aromatic carbocycles. The molecular weight excluding hydrogens is 341 g/mol. The third-order valence-corrected chi connectivity index (χ3v) is 3.45. The minimum absolute atomic E-state index is 0.0188. The normalized spacial score (nSPS) is 10.6. The van der Waals surface area contributed by atoms with E-state index in [4.69, 9.17) is 4.52 Å². The van der Waals surface area contributed by atoms with Crippen molar-refractivity contribution >= 4 is 21.8 Å². The van der Waals surface area contributed by atoms with Gasteiger partial charge in [0.15, 0.2) is 5.82 Å². The summed E-state index contributed by atoms with van der Waals surface area (Å²) in [5.41, 5.74) is 0.370. The molecule has 1 aromatic heterocycles. The maximum atomic E-state index is 13.7. The van der Waals surface area contributed by atoms with Gasteiger partial charge >= 0.3 is 0 Å². The van der Waals surface area contributed by atoms with Crippen LogP contribution in [0.2, 0.25) is 0 Å². The molecule has 0 saturated carbocycles. The minimum Gasteiger partial charge on any atom is -0.356 e. The maximum absolute atomic E-state index is 13.7. The fraction of sp³-hybridized carbons (Fsp3) is 0.357. The van der Waals surface area contributed by atoms with Gasteiger partial charge in [0.1, 0.15) is 5.82 Å². The Kier molecular flexibility index (Phi) is 5.44. The van der Waals surface area contributed by atoms with Crippen LogP contribution in [0.3, 0.4) is 0 Å². The minimum atomic E-state index is -0.394. The standard InChI is InChI=1S/C14H15BrFN3O2/c1-9-18-13(21-19-9)6-3-7-17-12(20)8-10-4-2-5-11(15)14(10)16/h2,4-5H,3,6-8H2,1H3,(H,17,20). The highest BCUT2D eigenvalue weighted by molar-refractivity contribution is 9.10. The van der Waals surface area contributed by atoms with Crippen molar-refractivity contribution in [3.8, 4) is 0 Å². The number of nitrogens with zero attached hydrogens (tertiary/aromatic N) is 2. The quantitative estimate of drug-likeness (QED) is 0.808. The molecule has 1 N–H and O–H groups in total. The SMILES string of the molecule is Cc1noc(CCCNC(=O)Cc2cccc(Br)c2F)n1. The van der Waals surface area contributed by atoms with Gasteiger partial charge in [-0.15, -0.1) is 0 Å². The Morgan fingerprint density at radius 3 is 3.00 bits per heavy atom. The van der Waals surface area contributed by atoms with Crippen molar-refractivity contribution in [3.05, 3.63) is 45.8 Å². The lowest BCUT2D eigenvalue weighted by Gasteiger charge is -2.06. The molecule has 0 aliphatic carbocycles. The van der Waals surface area contributed by atoms with Crippen LogP contribution in [0.15, 0.2) is 27.2 Å². The monoisotopic (exact) mass is 355 g/mol. The Bertz CT molecular complexity index is 630. The molecule has 0 aliphatic rings. The summed E-state index contributed by atoms with van der Waals surface area (Å²) in [6.45, 7) is 2.23. The molecule has 1 heterocycles. The molecule has 112 valence electrons. The van der Waals surface area contributed by atoms with Crippen LogP contribution >= 0.6 is 15.9 Å². The zero-order valence-electron chi connectivity index (χ0n) is 11.5. The van der Waals surface area contributed by atoms with Crippen LogP contribution in [-0.2, 0) is 17.6 Å². The number of carbonyl (C=O) groups is 1. The van der Waals surface area contributed by atoms with Crippen LogP contribution in [0.4, 0.5) is 4.39 Å². The van der Waals surface area contributed by atoms with E-state index >= 15 is 0 Å². The summed E-state index contributed by atoms with van der Waals surface area (Å²) in [5, 5.41) is 6.43. The molecule has 0 unspecified atom stereocenters. The van der Waals surface area contributed by atoms with Gasteiger partial charge in [0.2, 0.25) is 11.8 Å². The number of aromatic nitrogens is 2. The number of aryl methyl sites for hydroxylation is 2. The molecule has 0 fully saturated rings. The van der Waals surface area contributed by atoms with Crippen molar-refractivity contribution in [3.63, 3.8) is 0 Å². The molecule has 1 amide bonds. The van der Waals surface area contributed by atoms with Gasteiger partial charge in [-0.05, 0) is 40.9 Å². The first-order valence-corrected chi connectivity index (χ1v) is 7.34. The molecule has 21 heavy (non-hydrogen) atoms. The molecule has 2 aromatic rings. The maximum Gasteiger partial charge on any atom is 0.226 e. The van der Waals surface area contributed by atoms with Crippen molar-refractivity contribution < 1.29 is 13.7 Å². The predicted molar refractivity (Wildman–Crippen MR) is 78.2 cm³/mol. The summed E-state index contributed by atoms with van der Waals surface area (Å²) in [6.07, 6.45) is 1.31. The number of nitrogens with one attached hydrogen (secondary N) is 1. The fourth-order valence-corrected chi connectivity index (χ4v) is 2.24. The molecule has 2 rings (SSSR count). The Balaban J connectivity index is 1.73. The average molecular weight is 356 g/mol. The molecule has 0 spiro atoms. The first-order chi connectivity index (χ1) is 10.1. The van der Waals surface area contributed by atoms with E-state index in [9.17, 15) is 9.18 Å². The number of carbonyl (C=O) groups excluding carboxylic acids is 1. The predicted octanol–water partition coefficient (Wildman–Crippen LogP) is 2.57. The van der Waals surface area contributed by atoms with Gasteiger partial charge in [-0.1, -0.05) is 17.3 Å². The van der Waals surface area contributed by atoms with Crippen molar-refractivity contribution in [2.75, 3.05) is 6.54 Å². The van der Waals surface area contributed by atoms with Crippen LogP contribution in [0.25, 0.3) is 0 Å². The number of hydrogen-bond donors (Lipinski definition) is 1. The lowest BCUT2D eigenvalue weighted by molar-refractivity contribution is -0.120. The van der Waals surface area contributed by atoms with E-state index in [1.165, 1.54) is 0 Å². The molecule has 0 saturated heterocycles. The molecule has 7 heteroatoms. The second kappa shape index (κ2) is 7.31. The summed E-state index contributed by atoms with van der Waals surface area (Å²) in [6, 6.07) is 4.90. The van der Waals surface area contributed by atoms with E-state index in [1.807, 2.05) is 0 Å². The summed E-state index contributed by atoms with van der Waals surface area (Å²) < 4.78 is 19.0. The third-order valence-electron chi connectivity index (χ3n) is 2.84. The topological polar surface area (TPSA) is 68.0 Å². The summed E-state index contributed by atoms with van der Waals surface area (Å²) in [5.74, 6) is 0.543. The highest BCUT2D eigenvalue weighted by Crippen LogP contribution is 2.18. The fourth-order valence-electron chi connectivity index (χ4n) is 1.83. The van der Waals surface area contributed by atoms with Crippen molar-refractivity contribution in [2.24, 2.45) is 0 Å². The Labute approximate surface area is 130 Å². The van der Waals surface area contributed by atoms with E-state index in [0.29, 0.717) is 41.1 Å². The molecule has 0 atom stereocenters. The van der Waals surface area contributed by atoms with Crippen LogP contribution in [-0.4, -0.2) is 22.6 Å². The van der Waals surface area contributed by atoms with Crippen LogP contribution in [0, 0.1) is 12.7 Å². The average Bonchev–Trinajstić information content (AvgIpc) is 2.86. The lowest BCUT2D eigenvalue weighted by atomic mass is 10.1. The molecule has 0 aliphatic heterocycles. The van der Waals surface area contributed by atoms with Gasteiger partial charge < -0.3 is 9.84 Å². The summed E-state index contributed by atoms with van der Waals surface area (Å²) in [4.78, 5) is 15.8. The van der Waals surface area contributed by atoms with Crippen molar-refractivity contribution in [1.82, 2.24) is 15.5 Å². The van der Waals surface area contributed by atoms with Gasteiger partial charge in [0.25, 0.3) is 0 Å². The van der Waals surface area contributed by atoms with Gasteiger partial charge in [0, 0.05) is 13.0 Å². The molecule has 0 radical (unpaired) electrons. The summed E-state index contributed by atoms with van der Waals surface area (Å²) in [7, 11) is 0. The number of rotatable bonds is 6. The van der Waals surface area contributed by atoms with E-state index in [2.05, 4.69) is 31.4 Å². The van der Waals surface area contributed by atoms with E-state index < -0.39 is 5.82 Å². The first-order valence-electron chi connectivity index (χ1n) is 6.55. The van der Waals surface area contributed by atoms with Gasteiger partial charge in [-0.3, -0.25) is 4.79 Å². The van der Waals surface area contributed by atoms with Crippen LogP contribution < -0.4 is 5.32 Å². The number of hydrogen-bond acceptors (Lipinski definition) is 4. The lowest BCUT2D eigenvalue weighted by Crippen LogP contribution is -2.26. The highest BCUT2D eigenvalue weighted by atomic mass is 79.9. The van der Waals surface area contributed by atoms with Crippen LogP contribution in [0.5, 0.6) is 0 Å². The van der Waals surface area contributed by atoms with Gasteiger partial charge in [-0.25, -0.2) is 4.39 Å². The molecular formula is C14H15BrFN3O2. The van der Waals surface area contributed by atoms with E-state index in [1.54, 1.807) is 25.1 Å². The Hall–Kier alpha value is -1.76. The largest absolute Gasteiger partial charge is 0.356 e. The van der Waals surface area contributed by atoms with Crippen molar-refractivity contribution in [2.45, 2.75) is 26.2 Å². The third kappa shape index (κ3) is 4.63. The highest BCUT2D eigenvalue weighted by Gasteiger charge is 2.10. The smallest absolute Gasteiger partial charge is 0.226 e. The number of amides is 1. The van der Waals surface area contributed by atoms with Crippen molar-refractivity contribution in [1.29, 1.82) is 0 Å². The van der Waals surface area contributed by atoms with Gasteiger partial charge in [0.05, 0.1) is 10.9 Å². The number of benzene rings is 1. The Morgan fingerprint density at radius 1 is 1.48 bits per heavy atom. The molecule has 5 nitrogen and oxygen atoms in total. The zero-order chi connectivity index (χ0) is 15.2. The zero-order valence-corrected chi connectivity index (χ0v) is 13.1. The second-order valence-corrected chi connectivity index (χ2v) is 5.43. The summed E-state index contributed by atoms with van der Waals surface area (Å²) >= 11 is 3.10. The van der Waals surface area contributed by atoms with E-state index in [0.717, 1.165) is 0 Å². The second-order valence-electron chi connectivity index (χ2n) is 4.58. The Morgan fingerprint density at radius 2 is 2.29 bits per heavy atom.